The molecule has 33 heavy (non-hydrogen) atoms. The van der Waals surface area contributed by atoms with E-state index in [9.17, 15) is 13.2 Å². The molecule has 3 aromatic carbocycles. The Kier molecular flexibility index (Phi) is 6.49. The number of carbonyl (C=O) groups is 1. The summed E-state index contributed by atoms with van der Waals surface area (Å²) in [7, 11) is -0.939. The van der Waals surface area contributed by atoms with E-state index >= 15 is 0 Å². The van der Waals surface area contributed by atoms with Crippen molar-refractivity contribution < 1.29 is 22.7 Å². The van der Waals surface area contributed by atoms with Gasteiger partial charge in [-0.15, -0.1) is 0 Å². The van der Waals surface area contributed by atoms with Gasteiger partial charge in [0.1, 0.15) is 11.5 Å². The lowest BCUT2D eigenvalue weighted by atomic mass is 10.0. The molecule has 0 radical (unpaired) electrons. The molecule has 0 unspecified atom stereocenters. The van der Waals surface area contributed by atoms with Crippen LogP contribution in [0, 0.1) is 0 Å². The summed E-state index contributed by atoms with van der Waals surface area (Å²) in [5.41, 5.74) is 2.30. The van der Waals surface area contributed by atoms with Crippen molar-refractivity contribution in [3.05, 3.63) is 76.8 Å². The van der Waals surface area contributed by atoms with Gasteiger partial charge in [-0.2, -0.15) is 0 Å². The van der Waals surface area contributed by atoms with Crippen LogP contribution in [-0.4, -0.2) is 35.1 Å². The van der Waals surface area contributed by atoms with Gasteiger partial charge in [0.05, 0.1) is 24.8 Å². The molecule has 9 heteroatoms. The number of nitrogens with zero attached hydrogens (tertiary/aromatic N) is 1. The highest BCUT2D eigenvalue weighted by atomic mass is 35.5. The number of fused-ring (bicyclic) bond motifs is 1. The number of halogens is 1. The van der Waals surface area contributed by atoms with E-state index in [-0.39, 0.29) is 16.5 Å². The topological polar surface area (TPSA) is 84.9 Å². The maximum atomic E-state index is 13.1. The minimum atomic E-state index is -3.90. The first kappa shape index (κ1) is 22.9. The fraction of sp³-hybridized carbons (Fsp3) is 0.208. The van der Waals surface area contributed by atoms with Crippen LogP contribution in [0.5, 0.6) is 11.5 Å². The number of ether oxygens (including phenoxy) is 2. The maximum Gasteiger partial charge on any atom is 0.262 e. The Morgan fingerprint density at radius 3 is 2.45 bits per heavy atom. The molecule has 1 aliphatic heterocycles. The number of hydrogen-bond acceptors (Lipinski definition) is 5. The van der Waals surface area contributed by atoms with E-state index in [1.165, 1.54) is 20.3 Å². The van der Waals surface area contributed by atoms with Gasteiger partial charge in [0.25, 0.3) is 15.9 Å². The Bertz CT molecular complexity index is 1290. The monoisotopic (exact) mass is 486 g/mol. The van der Waals surface area contributed by atoms with Crippen LogP contribution in [0.2, 0.25) is 5.02 Å². The van der Waals surface area contributed by atoms with Crippen LogP contribution in [-0.2, 0) is 16.4 Å². The molecule has 1 amide bonds. The SMILES string of the molecule is COc1ccc(OC)c(NS(=O)(=O)c2ccc3c(c2)CCCN3C(=O)c2ccc(Cl)cc2)c1. The zero-order chi connectivity index (χ0) is 23.6. The molecule has 0 bridgehead atoms. The van der Waals surface area contributed by atoms with Crippen LogP contribution < -0.4 is 19.1 Å². The number of rotatable bonds is 6. The van der Waals surface area contributed by atoms with Crippen molar-refractivity contribution in [1.29, 1.82) is 0 Å². The summed E-state index contributed by atoms with van der Waals surface area (Å²) in [6.07, 6.45) is 1.40. The predicted molar refractivity (Wildman–Crippen MR) is 128 cm³/mol. The zero-order valence-corrected chi connectivity index (χ0v) is 19.7. The van der Waals surface area contributed by atoms with Crippen molar-refractivity contribution in [2.45, 2.75) is 17.7 Å². The highest BCUT2D eigenvalue weighted by molar-refractivity contribution is 7.92. The Hall–Kier alpha value is -3.23. The fourth-order valence-corrected chi connectivity index (χ4v) is 5.03. The number of aryl methyl sites for hydroxylation is 1. The van der Waals surface area contributed by atoms with Gasteiger partial charge in [-0.1, -0.05) is 11.6 Å². The Morgan fingerprint density at radius 2 is 1.76 bits per heavy atom. The van der Waals surface area contributed by atoms with E-state index in [0.717, 1.165) is 12.0 Å². The second-order valence-corrected chi connectivity index (χ2v) is 9.65. The molecule has 0 aromatic heterocycles. The Balaban J connectivity index is 1.64. The molecule has 1 N–H and O–H groups in total. The Labute approximate surface area is 197 Å². The third-order valence-corrected chi connectivity index (χ3v) is 7.08. The van der Waals surface area contributed by atoms with E-state index in [4.69, 9.17) is 21.1 Å². The molecule has 0 atom stereocenters. The van der Waals surface area contributed by atoms with Crippen molar-refractivity contribution in [2.75, 3.05) is 30.4 Å². The summed E-state index contributed by atoms with van der Waals surface area (Å²) in [6.45, 7) is 0.555. The smallest absolute Gasteiger partial charge is 0.262 e. The summed E-state index contributed by atoms with van der Waals surface area (Å²) in [5.74, 6) is 0.717. The van der Waals surface area contributed by atoms with Crippen molar-refractivity contribution in [3.8, 4) is 11.5 Å². The molecule has 0 saturated heterocycles. The van der Waals surface area contributed by atoms with Gasteiger partial charge in [-0.3, -0.25) is 9.52 Å². The predicted octanol–water partition coefficient (Wildman–Crippen LogP) is 4.75. The highest BCUT2D eigenvalue weighted by Crippen LogP contribution is 2.34. The lowest BCUT2D eigenvalue weighted by Gasteiger charge is -2.30. The van der Waals surface area contributed by atoms with Gasteiger partial charge >= 0.3 is 0 Å². The molecule has 4 rings (SSSR count). The standard InChI is InChI=1S/C24H23ClN2O5S/c1-31-19-9-12-23(32-2)21(15-19)26-33(29,30)20-10-11-22-17(14-20)4-3-13-27(22)24(28)16-5-7-18(25)8-6-16/h5-12,14-15,26H,3-4,13H2,1-2H3. The average Bonchev–Trinajstić information content (AvgIpc) is 2.83. The second-order valence-electron chi connectivity index (χ2n) is 7.53. The van der Waals surface area contributed by atoms with Crippen molar-refractivity contribution in [1.82, 2.24) is 0 Å². The van der Waals surface area contributed by atoms with Crippen LogP contribution in [0.1, 0.15) is 22.3 Å². The minimum absolute atomic E-state index is 0.104. The van der Waals surface area contributed by atoms with E-state index in [2.05, 4.69) is 4.72 Å². The lowest BCUT2D eigenvalue weighted by Crippen LogP contribution is -2.35. The molecule has 7 nitrogen and oxygen atoms in total. The normalized spacial score (nSPS) is 13.2. The number of benzene rings is 3. The fourth-order valence-electron chi connectivity index (χ4n) is 3.80. The molecule has 172 valence electrons. The third kappa shape index (κ3) is 4.77. The van der Waals surface area contributed by atoms with Crippen molar-refractivity contribution in [3.63, 3.8) is 0 Å². The lowest BCUT2D eigenvalue weighted by molar-refractivity contribution is 0.0985. The summed E-state index contributed by atoms with van der Waals surface area (Å²) in [4.78, 5) is 14.8. The molecule has 3 aromatic rings. The van der Waals surface area contributed by atoms with Crippen molar-refractivity contribution in [2.24, 2.45) is 0 Å². The first-order valence-electron chi connectivity index (χ1n) is 10.3. The molecule has 0 fully saturated rings. The van der Waals surface area contributed by atoms with E-state index < -0.39 is 10.0 Å². The number of nitrogens with one attached hydrogen (secondary N) is 1. The largest absolute Gasteiger partial charge is 0.497 e. The van der Waals surface area contributed by atoms with E-state index in [1.54, 1.807) is 59.5 Å². The number of carbonyl (C=O) groups excluding carboxylic acids is 1. The summed E-state index contributed by atoms with van der Waals surface area (Å²) in [6, 6.07) is 16.4. The number of hydrogen-bond donors (Lipinski definition) is 1. The van der Waals surface area contributed by atoms with Gasteiger partial charge in [0.15, 0.2) is 0 Å². The van der Waals surface area contributed by atoms with Crippen LogP contribution in [0.4, 0.5) is 11.4 Å². The highest BCUT2D eigenvalue weighted by Gasteiger charge is 2.26. The van der Waals surface area contributed by atoms with Gasteiger partial charge in [-0.25, -0.2) is 8.42 Å². The number of amides is 1. The third-order valence-electron chi connectivity index (χ3n) is 5.47. The number of anilines is 2. The second kappa shape index (κ2) is 9.33. The number of methoxy groups -OCH3 is 2. The quantitative estimate of drug-likeness (QED) is 0.543. The molecule has 0 saturated carbocycles. The maximum absolute atomic E-state index is 13.1. The summed E-state index contributed by atoms with van der Waals surface area (Å²) in [5, 5.41) is 0.556. The van der Waals surface area contributed by atoms with Gasteiger partial charge in [-0.05, 0) is 73.0 Å². The van der Waals surface area contributed by atoms with E-state index in [1.807, 2.05) is 0 Å². The van der Waals surface area contributed by atoms with Crippen LogP contribution in [0.3, 0.4) is 0 Å². The molecular weight excluding hydrogens is 464 g/mol. The summed E-state index contributed by atoms with van der Waals surface area (Å²) < 4.78 is 39.3. The zero-order valence-electron chi connectivity index (χ0n) is 18.2. The molecular formula is C24H23ClN2O5S. The first-order chi connectivity index (χ1) is 15.8. The molecule has 0 spiro atoms. The van der Waals surface area contributed by atoms with Crippen LogP contribution in [0.25, 0.3) is 0 Å². The first-order valence-corrected chi connectivity index (χ1v) is 12.1. The van der Waals surface area contributed by atoms with Gasteiger partial charge in [0, 0.05) is 28.9 Å². The van der Waals surface area contributed by atoms with Gasteiger partial charge < -0.3 is 14.4 Å². The van der Waals surface area contributed by atoms with Crippen LogP contribution >= 0.6 is 11.6 Å². The average molecular weight is 487 g/mol. The Morgan fingerprint density at radius 1 is 1.00 bits per heavy atom. The number of sulfonamides is 1. The summed E-state index contributed by atoms with van der Waals surface area (Å²) >= 11 is 5.93. The molecule has 1 heterocycles. The molecule has 0 aliphatic carbocycles. The van der Waals surface area contributed by atoms with E-state index in [0.29, 0.717) is 40.7 Å². The minimum Gasteiger partial charge on any atom is -0.497 e. The molecule has 1 aliphatic rings. The van der Waals surface area contributed by atoms with Crippen LogP contribution in [0.15, 0.2) is 65.6 Å². The van der Waals surface area contributed by atoms with Gasteiger partial charge in [0.2, 0.25) is 0 Å². The van der Waals surface area contributed by atoms with Crippen molar-refractivity contribution >= 4 is 38.9 Å².